The molecule has 2 aliphatic rings. The van der Waals surface area contributed by atoms with E-state index in [-0.39, 0.29) is 11.6 Å². The first-order valence-corrected chi connectivity index (χ1v) is 12.6. The van der Waals surface area contributed by atoms with Crippen LogP contribution in [-0.2, 0) is 11.2 Å². The standard InChI is InChI=1S/C28H28F4N4O2/c1-14-11-17(7-9-36(14)23(37)13-29)21-12-22-25(20-8-10-38-26(20)21)34-16(3)35-28(22)33-15(2)18-5-4-6-19(24(18)30)27(31)32/h4-6,11-12,14-15,27H,7-10,13H2,1-3H3,(H,33,34,35)/t14-,15-/m1/s1. The number of benzene rings is 2. The van der Waals surface area contributed by atoms with Crippen LogP contribution in [-0.4, -0.2) is 46.6 Å². The number of nitrogens with zero attached hydrogens (tertiary/aromatic N) is 3. The molecule has 2 atom stereocenters. The highest BCUT2D eigenvalue weighted by Gasteiger charge is 2.29. The summed E-state index contributed by atoms with van der Waals surface area (Å²) in [5.74, 6) is 0.203. The number of halogens is 4. The Hall–Kier alpha value is -3.69. The number of aryl methyl sites for hydroxylation is 1. The average Bonchev–Trinajstić information content (AvgIpc) is 3.38. The van der Waals surface area contributed by atoms with Gasteiger partial charge in [0, 0.05) is 41.1 Å². The monoisotopic (exact) mass is 528 g/mol. The Morgan fingerprint density at radius 2 is 2.00 bits per heavy atom. The first kappa shape index (κ1) is 25.9. The second-order valence-electron chi connectivity index (χ2n) is 9.67. The molecule has 0 aliphatic carbocycles. The maximum Gasteiger partial charge on any atom is 0.266 e. The number of carbonyl (C=O) groups is 1. The molecule has 10 heteroatoms. The normalized spacial score (nSPS) is 17.8. The lowest BCUT2D eigenvalue weighted by Gasteiger charge is -2.32. The van der Waals surface area contributed by atoms with Gasteiger partial charge < -0.3 is 15.0 Å². The molecule has 1 aromatic heterocycles. The predicted octanol–water partition coefficient (Wildman–Crippen LogP) is 6.10. The Labute approximate surface area is 217 Å². The van der Waals surface area contributed by atoms with E-state index in [9.17, 15) is 22.4 Å². The summed E-state index contributed by atoms with van der Waals surface area (Å²) in [6.07, 6.45) is 0.188. The summed E-state index contributed by atoms with van der Waals surface area (Å²) in [5.41, 5.74) is 2.92. The van der Waals surface area contributed by atoms with E-state index in [1.807, 2.05) is 19.1 Å². The fraction of sp³-hybridized carbons (Fsp3) is 0.393. The van der Waals surface area contributed by atoms with Crippen LogP contribution in [0.5, 0.6) is 5.75 Å². The lowest BCUT2D eigenvalue weighted by Crippen LogP contribution is -2.41. The number of hydrogen-bond donors (Lipinski definition) is 1. The predicted molar refractivity (Wildman–Crippen MR) is 137 cm³/mol. The number of alkyl halides is 3. The second-order valence-corrected chi connectivity index (χ2v) is 9.67. The molecular weight excluding hydrogens is 500 g/mol. The lowest BCUT2D eigenvalue weighted by molar-refractivity contribution is -0.133. The summed E-state index contributed by atoms with van der Waals surface area (Å²) in [5, 5.41) is 3.92. The van der Waals surface area contributed by atoms with Crippen LogP contribution in [0.25, 0.3) is 16.5 Å². The highest BCUT2D eigenvalue weighted by molar-refractivity contribution is 5.97. The molecule has 3 aromatic rings. The number of fused-ring (bicyclic) bond motifs is 3. The smallest absolute Gasteiger partial charge is 0.266 e. The minimum atomic E-state index is -2.92. The largest absolute Gasteiger partial charge is 0.492 e. The molecule has 38 heavy (non-hydrogen) atoms. The highest BCUT2D eigenvalue weighted by Crippen LogP contribution is 2.43. The first-order chi connectivity index (χ1) is 18.2. The number of nitrogens with one attached hydrogen (secondary N) is 1. The topological polar surface area (TPSA) is 67.4 Å². The van der Waals surface area contributed by atoms with Gasteiger partial charge in [0.1, 0.15) is 23.2 Å². The maximum absolute atomic E-state index is 14.9. The van der Waals surface area contributed by atoms with Crippen molar-refractivity contribution in [1.82, 2.24) is 14.9 Å². The molecule has 0 radical (unpaired) electrons. The van der Waals surface area contributed by atoms with E-state index in [1.165, 1.54) is 17.0 Å². The van der Waals surface area contributed by atoms with Crippen LogP contribution in [0.4, 0.5) is 23.4 Å². The molecule has 1 amide bonds. The van der Waals surface area contributed by atoms with E-state index in [4.69, 9.17) is 4.74 Å². The summed E-state index contributed by atoms with van der Waals surface area (Å²) in [4.78, 5) is 22.7. The van der Waals surface area contributed by atoms with Crippen molar-refractivity contribution in [1.29, 1.82) is 0 Å². The van der Waals surface area contributed by atoms with Crippen LogP contribution in [0.3, 0.4) is 0 Å². The van der Waals surface area contributed by atoms with Gasteiger partial charge in [-0.2, -0.15) is 0 Å². The van der Waals surface area contributed by atoms with Crippen molar-refractivity contribution in [2.45, 2.75) is 52.1 Å². The quantitative estimate of drug-likeness (QED) is 0.392. The summed E-state index contributed by atoms with van der Waals surface area (Å²) in [6, 6.07) is 4.95. The van der Waals surface area contributed by atoms with E-state index in [1.54, 1.807) is 13.8 Å². The highest BCUT2D eigenvalue weighted by atomic mass is 19.3. The van der Waals surface area contributed by atoms with Crippen LogP contribution in [0.15, 0.2) is 30.3 Å². The molecule has 200 valence electrons. The molecule has 0 saturated carbocycles. The van der Waals surface area contributed by atoms with Gasteiger partial charge in [0.25, 0.3) is 12.3 Å². The number of ether oxygens (including phenoxy) is 1. The van der Waals surface area contributed by atoms with Crippen molar-refractivity contribution in [3.63, 3.8) is 0 Å². The van der Waals surface area contributed by atoms with Gasteiger partial charge in [-0.15, -0.1) is 0 Å². The lowest BCUT2D eigenvalue weighted by atomic mass is 9.92. The SMILES string of the molecule is Cc1nc(N[C@H](C)c2cccc(C(F)F)c2F)c2cc(C3=C[C@@H](C)N(C(=O)CF)CC3)c3c(c2n1)CCO3. The molecule has 1 N–H and O–H groups in total. The number of rotatable bonds is 6. The molecular formula is C28H28F4N4O2. The third-order valence-corrected chi connectivity index (χ3v) is 7.20. The summed E-state index contributed by atoms with van der Waals surface area (Å²) < 4.78 is 60.5. The van der Waals surface area contributed by atoms with E-state index in [0.29, 0.717) is 48.5 Å². The van der Waals surface area contributed by atoms with Crippen molar-refractivity contribution in [3.05, 3.63) is 64.2 Å². The summed E-state index contributed by atoms with van der Waals surface area (Å²) in [7, 11) is 0. The number of amides is 1. The van der Waals surface area contributed by atoms with Crippen molar-refractivity contribution >= 4 is 28.2 Å². The third kappa shape index (κ3) is 4.56. The van der Waals surface area contributed by atoms with Gasteiger partial charge in [-0.3, -0.25) is 4.79 Å². The average molecular weight is 529 g/mol. The molecule has 0 saturated heterocycles. The van der Waals surface area contributed by atoms with Gasteiger partial charge >= 0.3 is 0 Å². The Kier molecular flexibility index (Phi) is 6.98. The number of aromatic nitrogens is 2. The van der Waals surface area contributed by atoms with Crippen LogP contribution in [0.1, 0.15) is 60.8 Å². The van der Waals surface area contributed by atoms with Crippen molar-refractivity contribution in [2.75, 3.05) is 25.1 Å². The number of anilines is 1. The zero-order chi connectivity index (χ0) is 27.1. The van der Waals surface area contributed by atoms with E-state index in [0.717, 1.165) is 28.5 Å². The molecule has 0 spiro atoms. The molecule has 6 nitrogen and oxygen atoms in total. The Morgan fingerprint density at radius 1 is 1.24 bits per heavy atom. The van der Waals surface area contributed by atoms with E-state index < -0.39 is 36.4 Å². The van der Waals surface area contributed by atoms with Crippen LogP contribution in [0.2, 0.25) is 0 Å². The minimum Gasteiger partial charge on any atom is -0.492 e. The van der Waals surface area contributed by atoms with Gasteiger partial charge in [0.2, 0.25) is 0 Å². The summed E-state index contributed by atoms with van der Waals surface area (Å²) in [6.45, 7) is 5.13. The molecule has 0 fully saturated rings. The number of carbonyl (C=O) groups excluding carboxylic acids is 1. The van der Waals surface area contributed by atoms with Gasteiger partial charge in [-0.25, -0.2) is 27.5 Å². The Balaban J connectivity index is 1.59. The van der Waals surface area contributed by atoms with Crippen LogP contribution in [0, 0.1) is 12.7 Å². The van der Waals surface area contributed by atoms with Crippen molar-refractivity contribution < 1.29 is 27.1 Å². The molecule has 0 bridgehead atoms. The van der Waals surface area contributed by atoms with E-state index >= 15 is 0 Å². The minimum absolute atomic E-state index is 0.110. The maximum atomic E-state index is 14.9. The van der Waals surface area contributed by atoms with Gasteiger partial charge in [-0.05, 0) is 38.8 Å². The molecule has 2 aromatic carbocycles. The van der Waals surface area contributed by atoms with Crippen molar-refractivity contribution in [2.24, 2.45) is 0 Å². The van der Waals surface area contributed by atoms with Crippen LogP contribution < -0.4 is 10.1 Å². The Bertz CT molecular complexity index is 1440. The third-order valence-electron chi connectivity index (χ3n) is 7.20. The number of hydrogen-bond acceptors (Lipinski definition) is 5. The zero-order valence-corrected chi connectivity index (χ0v) is 21.3. The fourth-order valence-corrected chi connectivity index (χ4v) is 5.34. The molecule has 3 heterocycles. The zero-order valence-electron chi connectivity index (χ0n) is 21.3. The first-order valence-electron chi connectivity index (χ1n) is 12.6. The van der Waals surface area contributed by atoms with Gasteiger partial charge in [0.15, 0.2) is 6.67 Å². The van der Waals surface area contributed by atoms with Gasteiger partial charge in [0.05, 0.1) is 23.7 Å². The molecule has 2 aliphatic heterocycles. The molecule has 5 rings (SSSR count). The fourth-order valence-electron chi connectivity index (χ4n) is 5.34. The molecule has 0 unspecified atom stereocenters. The van der Waals surface area contributed by atoms with Gasteiger partial charge in [-0.1, -0.05) is 24.3 Å². The Morgan fingerprint density at radius 3 is 2.71 bits per heavy atom. The van der Waals surface area contributed by atoms with E-state index in [2.05, 4.69) is 15.3 Å². The summed E-state index contributed by atoms with van der Waals surface area (Å²) >= 11 is 0. The van der Waals surface area contributed by atoms with Crippen LogP contribution >= 0.6 is 0 Å². The van der Waals surface area contributed by atoms with Crippen molar-refractivity contribution in [3.8, 4) is 5.75 Å². The second kappa shape index (κ2) is 10.2.